The first-order valence-corrected chi connectivity index (χ1v) is 9.46. The van der Waals surface area contributed by atoms with Crippen molar-refractivity contribution in [2.24, 2.45) is 0 Å². The number of piperazine rings is 1. The average Bonchev–Trinajstić information content (AvgIpc) is 2.53. The van der Waals surface area contributed by atoms with Crippen molar-refractivity contribution in [2.75, 3.05) is 43.9 Å². The van der Waals surface area contributed by atoms with E-state index in [0.29, 0.717) is 26.2 Å². The van der Waals surface area contributed by atoms with E-state index in [9.17, 15) is 8.42 Å². The second-order valence-corrected chi connectivity index (χ2v) is 7.82. The van der Waals surface area contributed by atoms with Gasteiger partial charge in [-0.25, -0.2) is 8.42 Å². The Bertz CT molecular complexity index is 593. The molecule has 2 rings (SSSR count). The number of unbranched alkanes of at least 4 members (excludes halogenated alkanes) is 1. The molecule has 1 saturated heterocycles. The fourth-order valence-corrected chi connectivity index (χ4v) is 4.34. The number of hydrogen-bond acceptors (Lipinski definition) is 4. The van der Waals surface area contributed by atoms with Gasteiger partial charge in [-0.05, 0) is 31.0 Å². The monoisotopic (exact) mass is 326 g/mol. The highest BCUT2D eigenvalue weighted by atomic mass is 32.2. The second kappa shape index (κ2) is 7.33. The van der Waals surface area contributed by atoms with Gasteiger partial charge in [-0.2, -0.15) is 4.31 Å². The van der Waals surface area contributed by atoms with Gasteiger partial charge in [-0.1, -0.05) is 19.4 Å². The molecule has 1 fully saturated rings. The van der Waals surface area contributed by atoms with Crippen LogP contribution >= 0.6 is 0 Å². The third kappa shape index (κ3) is 3.93. The van der Waals surface area contributed by atoms with E-state index in [1.54, 1.807) is 11.4 Å². The van der Waals surface area contributed by atoms with Crippen LogP contribution in [0, 0.1) is 6.92 Å². The summed E-state index contributed by atoms with van der Waals surface area (Å²) in [7, 11) is -1.43. The Morgan fingerprint density at radius 3 is 2.45 bits per heavy atom. The lowest BCUT2D eigenvalue weighted by Gasteiger charge is -2.36. The molecule has 0 aromatic heterocycles. The van der Waals surface area contributed by atoms with Gasteiger partial charge in [0.2, 0.25) is 10.0 Å². The van der Waals surface area contributed by atoms with Crippen LogP contribution in [-0.2, 0) is 10.0 Å². The van der Waals surface area contributed by atoms with Crippen LogP contribution in [-0.4, -0.2) is 51.8 Å². The predicted molar refractivity (Wildman–Crippen MR) is 90.2 cm³/mol. The Labute approximate surface area is 133 Å². The lowest BCUT2D eigenvalue weighted by atomic mass is 10.1. The Balaban J connectivity index is 2.05. The van der Waals surface area contributed by atoms with Crippen molar-refractivity contribution in [2.45, 2.75) is 26.7 Å². The van der Waals surface area contributed by atoms with Crippen molar-refractivity contribution in [3.05, 3.63) is 23.8 Å². The normalized spacial score (nSPS) is 16.8. The summed E-state index contributed by atoms with van der Waals surface area (Å²) >= 11 is 0. The molecule has 0 radical (unpaired) electrons. The molecule has 0 saturated carbocycles. The van der Waals surface area contributed by atoms with Crippen molar-refractivity contribution < 1.29 is 13.2 Å². The van der Waals surface area contributed by atoms with Gasteiger partial charge in [0.25, 0.3) is 0 Å². The van der Waals surface area contributed by atoms with Gasteiger partial charge in [0, 0.05) is 26.2 Å². The van der Waals surface area contributed by atoms with Crippen LogP contribution in [0.5, 0.6) is 5.75 Å². The second-order valence-electron chi connectivity index (χ2n) is 5.73. The maximum Gasteiger partial charge on any atom is 0.214 e. The highest BCUT2D eigenvalue weighted by Gasteiger charge is 2.27. The standard InChI is InChI=1S/C16H26N2O3S/c1-4-5-12-22(19,20)18-10-8-17(9-11-18)15-13-14(2)6-7-16(15)21-3/h6-7,13H,4-5,8-12H2,1-3H3. The molecule has 0 amide bonds. The first kappa shape index (κ1) is 17.1. The van der Waals surface area contributed by atoms with Gasteiger partial charge in [-0.3, -0.25) is 0 Å². The number of aryl methyl sites for hydroxylation is 1. The first-order chi connectivity index (χ1) is 10.5. The fourth-order valence-electron chi connectivity index (χ4n) is 2.71. The van der Waals surface area contributed by atoms with Crippen LogP contribution in [0.2, 0.25) is 0 Å². The minimum atomic E-state index is -3.10. The van der Waals surface area contributed by atoms with E-state index in [4.69, 9.17) is 4.74 Å². The van der Waals surface area contributed by atoms with Crippen molar-refractivity contribution in [3.8, 4) is 5.75 Å². The molecule has 0 unspecified atom stereocenters. The summed E-state index contributed by atoms with van der Waals surface area (Å²) in [6.45, 7) is 6.55. The number of sulfonamides is 1. The minimum Gasteiger partial charge on any atom is -0.495 e. The molecule has 0 N–H and O–H groups in total. The lowest BCUT2D eigenvalue weighted by molar-refractivity contribution is 0.377. The van der Waals surface area contributed by atoms with Gasteiger partial charge >= 0.3 is 0 Å². The van der Waals surface area contributed by atoms with Gasteiger partial charge in [0.15, 0.2) is 0 Å². The van der Waals surface area contributed by atoms with Crippen LogP contribution in [0.3, 0.4) is 0 Å². The van der Waals surface area contributed by atoms with Crippen LogP contribution < -0.4 is 9.64 Å². The first-order valence-electron chi connectivity index (χ1n) is 7.85. The molecule has 1 aromatic carbocycles. The van der Waals surface area contributed by atoms with E-state index in [2.05, 4.69) is 11.0 Å². The SMILES string of the molecule is CCCCS(=O)(=O)N1CCN(c2cc(C)ccc2OC)CC1. The Morgan fingerprint density at radius 2 is 1.86 bits per heavy atom. The molecule has 0 bridgehead atoms. The summed E-state index contributed by atoms with van der Waals surface area (Å²) in [5.74, 6) is 1.10. The highest BCUT2D eigenvalue weighted by Crippen LogP contribution is 2.30. The van der Waals surface area contributed by atoms with Gasteiger partial charge in [0.05, 0.1) is 18.6 Å². The summed E-state index contributed by atoms with van der Waals surface area (Å²) in [6, 6.07) is 6.09. The van der Waals surface area contributed by atoms with Crippen molar-refractivity contribution in [1.82, 2.24) is 4.31 Å². The smallest absolute Gasteiger partial charge is 0.214 e. The van der Waals surface area contributed by atoms with E-state index in [0.717, 1.165) is 24.3 Å². The Hall–Kier alpha value is -1.27. The summed E-state index contributed by atoms with van der Waals surface area (Å²) in [6.07, 6.45) is 1.63. The van der Waals surface area contributed by atoms with Gasteiger partial charge in [-0.15, -0.1) is 0 Å². The predicted octanol–water partition coefficient (Wildman–Crippen LogP) is 2.26. The summed E-state index contributed by atoms with van der Waals surface area (Å²) in [4.78, 5) is 2.21. The molecule has 0 atom stereocenters. The molecule has 1 aromatic rings. The molecule has 6 heteroatoms. The lowest BCUT2D eigenvalue weighted by Crippen LogP contribution is -2.49. The number of anilines is 1. The van der Waals surface area contributed by atoms with Crippen LogP contribution in [0.25, 0.3) is 0 Å². The van der Waals surface area contributed by atoms with E-state index >= 15 is 0 Å². The number of ether oxygens (including phenoxy) is 1. The van der Waals surface area contributed by atoms with Gasteiger partial charge < -0.3 is 9.64 Å². The van der Waals surface area contributed by atoms with Crippen molar-refractivity contribution in [3.63, 3.8) is 0 Å². The average molecular weight is 326 g/mol. The van der Waals surface area contributed by atoms with Gasteiger partial charge in [0.1, 0.15) is 5.75 Å². The molecule has 5 nitrogen and oxygen atoms in total. The van der Waals surface area contributed by atoms with Crippen LogP contribution in [0.1, 0.15) is 25.3 Å². The quantitative estimate of drug-likeness (QED) is 0.804. The number of nitrogens with zero attached hydrogens (tertiary/aromatic N) is 2. The Kier molecular flexibility index (Phi) is 5.69. The molecule has 124 valence electrons. The molecule has 1 heterocycles. The topological polar surface area (TPSA) is 49.9 Å². The molecular formula is C16H26N2O3S. The molecule has 22 heavy (non-hydrogen) atoms. The van der Waals surface area contributed by atoms with E-state index in [1.165, 1.54) is 5.56 Å². The largest absolute Gasteiger partial charge is 0.495 e. The van der Waals surface area contributed by atoms with Crippen molar-refractivity contribution in [1.29, 1.82) is 0 Å². The highest BCUT2D eigenvalue weighted by molar-refractivity contribution is 7.89. The summed E-state index contributed by atoms with van der Waals surface area (Å²) < 4.78 is 31.5. The third-order valence-corrected chi connectivity index (χ3v) is 6.02. The Morgan fingerprint density at radius 1 is 1.18 bits per heavy atom. The third-order valence-electron chi connectivity index (χ3n) is 4.06. The maximum atomic E-state index is 12.2. The molecule has 1 aliphatic heterocycles. The summed E-state index contributed by atoms with van der Waals surface area (Å²) in [5.41, 5.74) is 2.22. The number of hydrogen-bond donors (Lipinski definition) is 0. The molecule has 0 spiro atoms. The number of methoxy groups -OCH3 is 1. The van der Waals surface area contributed by atoms with Crippen LogP contribution in [0.4, 0.5) is 5.69 Å². The number of benzene rings is 1. The summed E-state index contributed by atoms with van der Waals surface area (Å²) in [5, 5.41) is 0. The minimum absolute atomic E-state index is 0.261. The molecular weight excluding hydrogens is 300 g/mol. The zero-order valence-corrected chi connectivity index (χ0v) is 14.5. The van der Waals surface area contributed by atoms with E-state index in [-0.39, 0.29) is 5.75 Å². The van der Waals surface area contributed by atoms with E-state index < -0.39 is 10.0 Å². The molecule has 1 aliphatic rings. The zero-order valence-electron chi connectivity index (χ0n) is 13.7. The van der Waals surface area contributed by atoms with Crippen molar-refractivity contribution >= 4 is 15.7 Å². The fraction of sp³-hybridized carbons (Fsp3) is 0.625. The van der Waals surface area contributed by atoms with E-state index in [1.807, 2.05) is 26.0 Å². The number of rotatable bonds is 6. The maximum absolute atomic E-state index is 12.2. The zero-order chi connectivity index (χ0) is 16.2. The van der Waals surface area contributed by atoms with Crippen LogP contribution in [0.15, 0.2) is 18.2 Å². The molecule has 0 aliphatic carbocycles.